The molecule has 2 heterocycles. The van der Waals surface area contributed by atoms with Crippen LogP contribution in [0.4, 0.5) is 10.8 Å². The van der Waals surface area contributed by atoms with Crippen LogP contribution in [0.5, 0.6) is 0 Å². The van der Waals surface area contributed by atoms with E-state index in [9.17, 15) is 13.2 Å². The van der Waals surface area contributed by atoms with Crippen LogP contribution >= 0.6 is 11.3 Å². The Bertz CT molecular complexity index is 1050. The third kappa shape index (κ3) is 5.11. The zero-order valence-electron chi connectivity index (χ0n) is 15.3. The maximum atomic E-state index is 12.4. The first-order valence-electron chi connectivity index (χ1n) is 8.50. The van der Waals surface area contributed by atoms with E-state index in [1.165, 1.54) is 48.0 Å². The Morgan fingerprint density at radius 3 is 2.39 bits per heavy atom. The minimum Gasteiger partial charge on any atom is -0.296 e. The Morgan fingerprint density at radius 1 is 1.07 bits per heavy atom. The number of nitrogens with one attached hydrogen (secondary N) is 2. The molecule has 0 aliphatic carbocycles. The van der Waals surface area contributed by atoms with Crippen LogP contribution in [0.1, 0.15) is 29.2 Å². The van der Waals surface area contributed by atoms with Crippen molar-refractivity contribution in [3.8, 4) is 0 Å². The highest BCUT2D eigenvalue weighted by Crippen LogP contribution is 2.20. The van der Waals surface area contributed by atoms with Gasteiger partial charge in [0, 0.05) is 24.4 Å². The number of benzene rings is 1. The first-order valence-corrected chi connectivity index (χ1v) is 10.8. The molecule has 10 heteroatoms. The van der Waals surface area contributed by atoms with Gasteiger partial charge in [-0.15, -0.1) is 10.2 Å². The lowest BCUT2D eigenvalue weighted by atomic mass is 10.1. The van der Waals surface area contributed by atoms with Gasteiger partial charge in [0.15, 0.2) is 0 Å². The summed E-state index contributed by atoms with van der Waals surface area (Å²) in [4.78, 5) is 16.2. The van der Waals surface area contributed by atoms with E-state index in [0.717, 1.165) is 11.4 Å². The van der Waals surface area contributed by atoms with E-state index in [-0.39, 0.29) is 10.8 Å². The summed E-state index contributed by atoms with van der Waals surface area (Å²) in [6.45, 7) is 4.16. The number of pyridine rings is 1. The summed E-state index contributed by atoms with van der Waals surface area (Å²) in [6.07, 6.45) is 3.78. The van der Waals surface area contributed by atoms with Crippen molar-refractivity contribution in [1.82, 2.24) is 15.2 Å². The smallest absolute Gasteiger partial charge is 0.261 e. The molecule has 0 aliphatic heterocycles. The number of anilines is 2. The molecule has 0 saturated carbocycles. The molecule has 0 atom stereocenters. The van der Waals surface area contributed by atoms with Gasteiger partial charge in [-0.3, -0.25) is 19.8 Å². The SMILES string of the molecule is CC(C)Cc1nnc(NC(=O)c2ccc(S(=O)(=O)Nc3ccncc3)cc2)s1. The van der Waals surface area contributed by atoms with E-state index in [2.05, 4.69) is 39.1 Å². The maximum absolute atomic E-state index is 12.4. The normalized spacial score (nSPS) is 11.4. The van der Waals surface area contributed by atoms with E-state index in [0.29, 0.717) is 22.3 Å². The number of carbonyl (C=O) groups is 1. The molecule has 146 valence electrons. The van der Waals surface area contributed by atoms with Gasteiger partial charge in [0.2, 0.25) is 5.13 Å². The van der Waals surface area contributed by atoms with Crippen LogP contribution in [0.15, 0.2) is 53.7 Å². The quantitative estimate of drug-likeness (QED) is 0.610. The lowest BCUT2D eigenvalue weighted by molar-refractivity contribution is 0.102. The van der Waals surface area contributed by atoms with Gasteiger partial charge in [0.05, 0.1) is 10.6 Å². The van der Waals surface area contributed by atoms with Gasteiger partial charge in [-0.1, -0.05) is 25.2 Å². The highest BCUT2D eigenvalue weighted by atomic mass is 32.2. The second-order valence-electron chi connectivity index (χ2n) is 6.42. The number of rotatable bonds is 7. The number of hydrogen-bond acceptors (Lipinski definition) is 7. The van der Waals surface area contributed by atoms with Crippen molar-refractivity contribution in [3.63, 3.8) is 0 Å². The van der Waals surface area contributed by atoms with Crippen molar-refractivity contribution >= 4 is 38.1 Å². The van der Waals surface area contributed by atoms with Crippen LogP contribution in [0.3, 0.4) is 0 Å². The number of carbonyl (C=O) groups excluding carboxylic acids is 1. The number of hydrogen-bond donors (Lipinski definition) is 2. The second-order valence-corrected chi connectivity index (χ2v) is 9.16. The molecule has 3 aromatic rings. The van der Waals surface area contributed by atoms with E-state index in [1.807, 2.05) is 0 Å². The summed E-state index contributed by atoms with van der Waals surface area (Å²) in [5, 5.41) is 12.0. The summed E-state index contributed by atoms with van der Waals surface area (Å²) < 4.78 is 27.3. The highest BCUT2D eigenvalue weighted by molar-refractivity contribution is 7.92. The molecule has 2 N–H and O–H groups in total. The van der Waals surface area contributed by atoms with Gasteiger partial charge in [-0.25, -0.2) is 8.42 Å². The molecule has 2 aromatic heterocycles. The van der Waals surface area contributed by atoms with E-state index < -0.39 is 10.0 Å². The Morgan fingerprint density at radius 2 is 1.75 bits per heavy atom. The van der Waals surface area contributed by atoms with Crippen molar-refractivity contribution < 1.29 is 13.2 Å². The van der Waals surface area contributed by atoms with Crippen molar-refractivity contribution in [3.05, 3.63) is 59.4 Å². The zero-order valence-corrected chi connectivity index (χ0v) is 16.9. The summed E-state index contributed by atoms with van der Waals surface area (Å²) in [6, 6.07) is 8.76. The van der Waals surface area contributed by atoms with Crippen LogP contribution < -0.4 is 10.0 Å². The van der Waals surface area contributed by atoms with E-state index in [4.69, 9.17) is 0 Å². The lowest BCUT2D eigenvalue weighted by Gasteiger charge is -2.08. The molecule has 1 amide bonds. The van der Waals surface area contributed by atoms with Crippen molar-refractivity contribution in [1.29, 1.82) is 0 Å². The predicted octanol–water partition coefficient (Wildman–Crippen LogP) is 3.18. The van der Waals surface area contributed by atoms with Gasteiger partial charge in [0.25, 0.3) is 15.9 Å². The molecule has 0 aliphatic rings. The van der Waals surface area contributed by atoms with Gasteiger partial charge < -0.3 is 0 Å². The molecule has 0 spiro atoms. The summed E-state index contributed by atoms with van der Waals surface area (Å²) in [5.74, 6) is 0.0741. The van der Waals surface area contributed by atoms with E-state index in [1.54, 1.807) is 12.1 Å². The summed E-state index contributed by atoms with van der Waals surface area (Å²) in [7, 11) is -3.75. The third-order valence-corrected chi connectivity index (χ3v) is 5.89. The fourth-order valence-corrected chi connectivity index (χ4v) is 4.33. The number of sulfonamides is 1. The van der Waals surface area contributed by atoms with Crippen LogP contribution in [-0.2, 0) is 16.4 Å². The van der Waals surface area contributed by atoms with Crippen molar-refractivity contribution in [2.45, 2.75) is 25.2 Å². The molecule has 0 bridgehead atoms. The van der Waals surface area contributed by atoms with Crippen molar-refractivity contribution in [2.75, 3.05) is 10.0 Å². The maximum Gasteiger partial charge on any atom is 0.261 e. The molecule has 3 rings (SSSR count). The first kappa shape index (κ1) is 19.9. The van der Waals surface area contributed by atoms with Crippen LogP contribution in [0.2, 0.25) is 0 Å². The highest BCUT2D eigenvalue weighted by Gasteiger charge is 2.16. The van der Waals surface area contributed by atoms with Gasteiger partial charge >= 0.3 is 0 Å². The Hall–Kier alpha value is -2.85. The molecule has 0 saturated heterocycles. The van der Waals surface area contributed by atoms with Gasteiger partial charge in [-0.2, -0.15) is 0 Å². The number of amides is 1. The predicted molar refractivity (Wildman–Crippen MR) is 108 cm³/mol. The third-order valence-electron chi connectivity index (χ3n) is 3.63. The monoisotopic (exact) mass is 417 g/mol. The van der Waals surface area contributed by atoms with Crippen LogP contribution in [-0.4, -0.2) is 29.5 Å². The average molecular weight is 418 g/mol. The molecule has 28 heavy (non-hydrogen) atoms. The minimum atomic E-state index is -3.75. The summed E-state index contributed by atoms with van der Waals surface area (Å²) in [5.41, 5.74) is 0.730. The van der Waals surface area contributed by atoms with Crippen molar-refractivity contribution in [2.24, 2.45) is 5.92 Å². The molecule has 0 radical (unpaired) electrons. The molecular weight excluding hydrogens is 398 g/mol. The molecule has 1 aromatic carbocycles. The minimum absolute atomic E-state index is 0.0518. The van der Waals surface area contributed by atoms with Crippen LogP contribution in [0.25, 0.3) is 0 Å². The molecule has 0 fully saturated rings. The van der Waals surface area contributed by atoms with E-state index >= 15 is 0 Å². The Kier molecular flexibility index (Phi) is 6.00. The van der Waals surface area contributed by atoms with Gasteiger partial charge in [-0.05, 0) is 42.3 Å². The zero-order chi connectivity index (χ0) is 20.1. The number of nitrogens with zero attached hydrogens (tertiary/aromatic N) is 3. The molecule has 0 unspecified atom stereocenters. The topological polar surface area (TPSA) is 114 Å². The average Bonchev–Trinajstić information content (AvgIpc) is 3.08. The largest absolute Gasteiger partial charge is 0.296 e. The fraction of sp³-hybridized carbons (Fsp3) is 0.222. The lowest BCUT2D eigenvalue weighted by Crippen LogP contribution is -2.14. The molecular formula is C18H19N5O3S2. The summed E-state index contributed by atoms with van der Waals surface area (Å²) >= 11 is 1.33. The van der Waals surface area contributed by atoms with Crippen LogP contribution in [0, 0.1) is 5.92 Å². The Balaban J connectivity index is 1.68. The fourth-order valence-electron chi connectivity index (χ4n) is 2.32. The second kappa shape index (κ2) is 8.44. The standard InChI is InChI=1S/C18H19N5O3S2/c1-12(2)11-16-21-22-18(27-16)20-17(24)13-3-5-15(6-4-13)28(25,26)23-14-7-9-19-10-8-14/h3-10,12H,11H2,1-2H3,(H,19,23)(H,20,22,24). The Labute approximate surface area is 167 Å². The number of aromatic nitrogens is 3. The first-order chi connectivity index (χ1) is 13.3. The molecule has 8 nitrogen and oxygen atoms in total. The van der Waals surface area contributed by atoms with Gasteiger partial charge in [0.1, 0.15) is 5.01 Å².